The molecule has 116 valence electrons. The van der Waals surface area contributed by atoms with E-state index in [1.54, 1.807) is 6.07 Å². The van der Waals surface area contributed by atoms with Crippen molar-refractivity contribution >= 4 is 35.0 Å². The highest BCUT2D eigenvalue weighted by Gasteiger charge is 2.36. The van der Waals surface area contributed by atoms with Crippen LogP contribution in [-0.2, 0) is 14.3 Å². The number of aromatic hydroxyl groups is 1. The normalized spacial score (nSPS) is 16.3. The summed E-state index contributed by atoms with van der Waals surface area (Å²) >= 11 is 0.690. The number of ether oxygens (including phenoxy) is 2. The van der Waals surface area contributed by atoms with Crippen molar-refractivity contribution in [3.05, 3.63) is 28.7 Å². The quantitative estimate of drug-likeness (QED) is 0.664. The van der Waals surface area contributed by atoms with E-state index in [0.29, 0.717) is 23.1 Å². The molecule has 8 heteroatoms. The van der Waals surface area contributed by atoms with Gasteiger partial charge in [0, 0.05) is 5.56 Å². The summed E-state index contributed by atoms with van der Waals surface area (Å²) in [4.78, 5) is 36.0. The van der Waals surface area contributed by atoms with E-state index in [1.165, 1.54) is 32.4 Å². The first-order chi connectivity index (χ1) is 10.5. The van der Waals surface area contributed by atoms with Crippen molar-refractivity contribution in [2.24, 2.45) is 0 Å². The van der Waals surface area contributed by atoms with E-state index in [2.05, 4.69) is 4.74 Å². The molecule has 1 heterocycles. The van der Waals surface area contributed by atoms with E-state index < -0.39 is 23.7 Å². The molecule has 0 aromatic heterocycles. The Morgan fingerprint density at radius 3 is 2.73 bits per heavy atom. The Kier molecular flexibility index (Phi) is 4.71. The fourth-order valence-electron chi connectivity index (χ4n) is 1.75. The highest BCUT2D eigenvalue weighted by Crippen LogP contribution is 2.34. The third-order valence-electron chi connectivity index (χ3n) is 2.91. The van der Waals surface area contributed by atoms with Crippen LogP contribution in [0, 0.1) is 0 Å². The molecule has 0 atom stereocenters. The number of nitrogens with zero attached hydrogens (tertiary/aromatic N) is 1. The van der Waals surface area contributed by atoms with Gasteiger partial charge in [0.1, 0.15) is 18.0 Å². The standard InChI is InChI=1S/C14H13NO6S/c1-20-9-3-4-10(16)8(5-9)6-11-13(18)15(14(19)22-11)7-12(17)21-2/h3-6,16H,7H2,1-2H3/b11-6-. The van der Waals surface area contributed by atoms with Crippen molar-refractivity contribution in [2.75, 3.05) is 20.8 Å². The first-order valence-electron chi connectivity index (χ1n) is 6.15. The van der Waals surface area contributed by atoms with Crippen molar-refractivity contribution in [1.29, 1.82) is 0 Å². The van der Waals surface area contributed by atoms with E-state index in [1.807, 2.05) is 0 Å². The van der Waals surface area contributed by atoms with Crippen LogP contribution >= 0.6 is 11.8 Å². The molecule has 1 aromatic rings. The highest BCUT2D eigenvalue weighted by molar-refractivity contribution is 8.18. The predicted molar refractivity (Wildman–Crippen MR) is 79.4 cm³/mol. The lowest BCUT2D eigenvalue weighted by atomic mass is 10.1. The third kappa shape index (κ3) is 3.22. The molecule has 0 bridgehead atoms. The monoisotopic (exact) mass is 323 g/mol. The van der Waals surface area contributed by atoms with E-state index in [9.17, 15) is 19.5 Å². The SMILES string of the molecule is COC(=O)CN1C(=O)S/C(=C\c2cc(OC)ccc2O)C1=O. The molecule has 2 amide bonds. The zero-order chi connectivity index (χ0) is 16.3. The minimum absolute atomic E-state index is 0.0550. The molecule has 7 nitrogen and oxygen atoms in total. The Morgan fingerprint density at radius 2 is 2.09 bits per heavy atom. The predicted octanol–water partition coefficient (Wildman–Crippen LogP) is 1.61. The average molecular weight is 323 g/mol. The number of rotatable bonds is 4. The van der Waals surface area contributed by atoms with Gasteiger partial charge in [-0.05, 0) is 36.0 Å². The second kappa shape index (κ2) is 6.52. The van der Waals surface area contributed by atoms with E-state index >= 15 is 0 Å². The average Bonchev–Trinajstić information content (AvgIpc) is 2.76. The van der Waals surface area contributed by atoms with Gasteiger partial charge in [-0.1, -0.05) is 0 Å². The van der Waals surface area contributed by atoms with Gasteiger partial charge in [0.25, 0.3) is 11.1 Å². The van der Waals surface area contributed by atoms with Crippen LogP contribution in [0.25, 0.3) is 6.08 Å². The lowest BCUT2D eigenvalue weighted by molar-refractivity contribution is -0.143. The number of benzene rings is 1. The summed E-state index contributed by atoms with van der Waals surface area (Å²) in [6.45, 7) is -0.442. The van der Waals surface area contributed by atoms with E-state index in [4.69, 9.17) is 4.74 Å². The molecule has 0 radical (unpaired) electrons. The molecule has 1 fully saturated rings. The Hall–Kier alpha value is -2.48. The van der Waals surface area contributed by atoms with Crippen LogP contribution in [0.2, 0.25) is 0 Å². The largest absolute Gasteiger partial charge is 0.507 e. The summed E-state index contributed by atoms with van der Waals surface area (Å²) in [6.07, 6.45) is 1.38. The number of hydrogen-bond acceptors (Lipinski definition) is 7. The molecule has 0 spiro atoms. The van der Waals surface area contributed by atoms with Crippen molar-refractivity contribution < 1.29 is 29.0 Å². The van der Waals surface area contributed by atoms with Crippen LogP contribution in [0.3, 0.4) is 0 Å². The van der Waals surface area contributed by atoms with Crippen LogP contribution in [0.5, 0.6) is 11.5 Å². The van der Waals surface area contributed by atoms with Crippen molar-refractivity contribution in [2.45, 2.75) is 0 Å². The molecule has 1 aliphatic heterocycles. The van der Waals surface area contributed by atoms with Crippen molar-refractivity contribution in [3.8, 4) is 11.5 Å². The van der Waals surface area contributed by atoms with E-state index in [0.717, 1.165) is 4.90 Å². The Morgan fingerprint density at radius 1 is 1.36 bits per heavy atom. The number of carbonyl (C=O) groups is 3. The lowest BCUT2D eigenvalue weighted by Gasteiger charge is -2.09. The topological polar surface area (TPSA) is 93.1 Å². The van der Waals surface area contributed by atoms with Crippen LogP contribution < -0.4 is 4.74 Å². The molecule has 0 aliphatic carbocycles. The van der Waals surface area contributed by atoms with Gasteiger partial charge in [0.05, 0.1) is 19.1 Å². The molecule has 1 aromatic carbocycles. The molecule has 1 aliphatic rings. The van der Waals surface area contributed by atoms with Gasteiger partial charge in [-0.25, -0.2) is 0 Å². The smallest absolute Gasteiger partial charge is 0.325 e. The lowest BCUT2D eigenvalue weighted by Crippen LogP contribution is -2.34. The Bertz CT molecular complexity index is 669. The summed E-state index contributed by atoms with van der Waals surface area (Å²) < 4.78 is 9.48. The zero-order valence-corrected chi connectivity index (χ0v) is 12.7. The van der Waals surface area contributed by atoms with Gasteiger partial charge >= 0.3 is 5.97 Å². The number of phenols is 1. The Balaban J connectivity index is 2.28. The van der Waals surface area contributed by atoms with Gasteiger partial charge in [-0.3, -0.25) is 19.3 Å². The first kappa shape index (κ1) is 15.9. The number of methoxy groups -OCH3 is 2. The van der Waals surface area contributed by atoms with Crippen LogP contribution in [0.1, 0.15) is 5.56 Å². The summed E-state index contributed by atoms with van der Waals surface area (Å²) in [5, 5.41) is 9.23. The van der Waals surface area contributed by atoms with Gasteiger partial charge in [0.2, 0.25) is 0 Å². The summed E-state index contributed by atoms with van der Waals surface area (Å²) in [5.41, 5.74) is 0.336. The van der Waals surface area contributed by atoms with Crippen molar-refractivity contribution in [3.63, 3.8) is 0 Å². The fourth-order valence-corrected chi connectivity index (χ4v) is 2.58. The molecular formula is C14H13NO6S. The maximum atomic E-state index is 12.1. The molecule has 1 N–H and O–H groups in total. The summed E-state index contributed by atoms with van der Waals surface area (Å²) in [7, 11) is 2.64. The number of phenolic OH excluding ortho intramolecular Hbond substituents is 1. The maximum Gasteiger partial charge on any atom is 0.325 e. The Labute approximate surface area is 130 Å². The number of imide groups is 1. The second-order valence-electron chi connectivity index (χ2n) is 4.27. The number of carbonyl (C=O) groups excluding carboxylic acids is 3. The van der Waals surface area contributed by atoms with Crippen molar-refractivity contribution in [1.82, 2.24) is 4.90 Å². The fraction of sp³-hybridized carbons (Fsp3) is 0.214. The molecule has 1 saturated heterocycles. The maximum absolute atomic E-state index is 12.1. The van der Waals surface area contributed by atoms with Crippen LogP contribution in [0.15, 0.2) is 23.1 Å². The summed E-state index contributed by atoms with van der Waals surface area (Å²) in [6, 6.07) is 4.52. The first-order valence-corrected chi connectivity index (χ1v) is 6.97. The summed E-state index contributed by atoms with van der Waals surface area (Å²) in [5.74, 6) is -0.853. The van der Waals surface area contributed by atoms with Crippen LogP contribution in [0.4, 0.5) is 4.79 Å². The van der Waals surface area contributed by atoms with Gasteiger partial charge in [-0.15, -0.1) is 0 Å². The second-order valence-corrected chi connectivity index (χ2v) is 5.26. The number of esters is 1. The van der Waals surface area contributed by atoms with E-state index in [-0.39, 0.29) is 10.7 Å². The molecular weight excluding hydrogens is 310 g/mol. The molecule has 0 unspecified atom stereocenters. The highest BCUT2D eigenvalue weighted by atomic mass is 32.2. The third-order valence-corrected chi connectivity index (χ3v) is 3.82. The minimum Gasteiger partial charge on any atom is -0.507 e. The van der Waals surface area contributed by atoms with Gasteiger partial charge < -0.3 is 14.6 Å². The molecule has 2 rings (SSSR count). The zero-order valence-electron chi connectivity index (χ0n) is 11.9. The minimum atomic E-state index is -0.687. The molecule has 22 heavy (non-hydrogen) atoms. The van der Waals surface area contributed by atoms with Gasteiger partial charge in [0.15, 0.2) is 0 Å². The number of amides is 2. The van der Waals surface area contributed by atoms with Gasteiger partial charge in [-0.2, -0.15) is 0 Å². The van der Waals surface area contributed by atoms with Crippen LogP contribution in [-0.4, -0.2) is 47.9 Å². The number of thioether (sulfide) groups is 1. The molecule has 0 saturated carbocycles. The number of hydrogen-bond donors (Lipinski definition) is 1.